The molecular formula is C19H18Cl2N4O2S. The van der Waals surface area contributed by atoms with Gasteiger partial charge in [0.1, 0.15) is 11.6 Å². The Kier molecular flexibility index (Phi) is 6.49. The fourth-order valence-corrected chi connectivity index (χ4v) is 3.75. The van der Waals surface area contributed by atoms with E-state index in [0.29, 0.717) is 20.9 Å². The van der Waals surface area contributed by atoms with Gasteiger partial charge in [-0.25, -0.2) is 0 Å². The van der Waals surface area contributed by atoms with Gasteiger partial charge in [0.25, 0.3) is 0 Å². The van der Waals surface area contributed by atoms with Crippen LogP contribution in [0.4, 0.5) is 5.69 Å². The van der Waals surface area contributed by atoms with E-state index in [1.807, 2.05) is 42.7 Å². The molecule has 0 spiro atoms. The second-order valence-corrected chi connectivity index (χ2v) is 7.66. The van der Waals surface area contributed by atoms with Gasteiger partial charge in [-0.3, -0.25) is 9.36 Å². The molecule has 0 atom stereocenters. The summed E-state index contributed by atoms with van der Waals surface area (Å²) in [6.07, 6.45) is 0. The zero-order valence-corrected chi connectivity index (χ0v) is 17.8. The Morgan fingerprint density at radius 1 is 1.11 bits per heavy atom. The van der Waals surface area contributed by atoms with Crippen molar-refractivity contribution in [1.29, 1.82) is 0 Å². The van der Waals surface area contributed by atoms with E-state index in [2.05, 4.69) is 15.5 Å². The molecule has 1 amide bonds. The van der Waals surface area contributed by atoms with Crippen molar-refractivity contribution in [2.24, 2.45) is 0 Å². The van der Waals surface area contributed by atoms with Crippen molar-refractivity contribution >= 4 is 46.6 Å². The van der Waals surface area contributed by atoms with E-state index in [4.69, 9.17) is 27.9 Å². The summed E-state index contributed by atoms with van der Waals surface area (Å²) >= 11 is 13.6. The Balaban J connectivity index is 1.71. The molecule has 0 fully saturated rings. The fraction of sp³-hybridized carbons (Fsp3) is 0.211. The molecule has 0 aliphatic rings. The molecule has 0 radical (unpaired) electrons. The standard InChI is InChI=1S/C19H18Cl2N4O2S/c1-11-4-9-15(18(21)17(11)20)22-16(26)10-28-19-24-23-12(2)25(19)13-5-7-14(27-3)8-6-13/h4-9H,10H2,1-3H3,(H,22,26). The SMILES string of the molecule is COc1ccc(-n2c(C)nnc2SCC(=O)Nc2ccc(C)c(Cl)c2Cl)cc1. The number of hydrogen-bond acceptors (Lipinski definition) is 5. The molecule has 0 saturated carbocycles. The number of aryl methyl sites for hydroxylation is 2. The summed E-state index contributed by atoms with van der Waals surface area (Å²) in [6, 6.07) is 11.1. The van der Waals surface area contributed by atoms with Gasteiger partial charge in [-0.1, -0.05) is 41.0 Å². The summed E-state index contributed by atoms with van der Waals surface area (Å²) in [5.74, 6) is 1.42. The number of rotatable bonds is 6. The monoisotopic (exact) mass is 436 g/mol. The Hall–Kier alpha value is -2.22. The molecule has 28 heavy (non-hydrogen) atoms. The van der Waals surface area contributed by atoms with E-state index in [1.165, 1.54) is 11.8 Å². The smallest absolute Gasteiger partial charge is 0.234 e. The normalized spacial score (nSPS) is 10.8. The van der Waals surface area contributed by atoms with Gasteiger partial charge >= 0.3 is 0 Å². The number of nitrogens with one attached hydrogen (secondary N) is 1. The number of aromatic nitrogens is 3. The second kappa shape index (κ2) is 8.86. The van der Waals surface area contributed by atoms with Gasteiger partial charge < -0.3 is 10.1 Å². The lowest BCUT2D eigenvalue weighted by Gasteiger charge is -2.11. The molecule has 2 aromatic carbocycles. The van der Waals surface area contributed by atoms with Crippen LogP contribution >= 0.6 is 35.0 Å². The van der Waals surface area contributed by atoms with Crippen molar-refractivity contribution in [2.45, 2.75) is 19.0 Å². The molecule has 146 valence electrons. The molecule has 1 heterocycles. The average molecular weight is 437 g/mol. The molecule has 9 heteroatoms. The lowest BCUT2D eigenvalue weighted by molar-refractivity contribution is -0.113. The zero-order valence-electron chi connectivity index (χ0n) is 15.5. The molecule has 0 unspecified atom stereocenters. The van der Waals surface area contributed by atoms with Crippen LogP contribution < -0.4 is 10.1 Å². The zero-order chi connectivity index (χ0) is 20.3. The maximum Gasteiger partial charge on any atom is 0.234 e. The van der Waals surface area contributed by atoms with Crippen LogP contribution in [0.15, 0.2) is 41.6 Å². The van der Waals surface area contributed by atoms with E-state index < -0.39 is 0 Å². The first-order valence-electron chi connectivity index (χ1n) is 8.34. The highest BCUT2D eigenvalue weighted by Crippen LogP contribution is 2.33. The minimum atomic E-state index is -0.214. The van der Waals surface area contributed by atoms with Crippen LogP contribution in [-0.2, 0) is 4.79 Å². The molecule has 3 rings (SSSR count). The molecule has 0 saturated heterocycles. The number of thioether (sulfide) groups is 1. The number of carbonyl (C=O) groups excluding carboxylic acids is 1. The fourth-order valence-electron chi connectivity index (χ4n) is 2.52. The van der Waals surface area contributed by atoms with Crippen LogP contribution in [-0.4, -0.2) is 33.5 Å². The molecule has 1 aromatic heterocycles. The number of anilines is 1. The van der Waals surface area contributed by atoms with Crippen LogP contribution in [0.3, 0.4) is 0 Å². The molecule has 1 N–H and O–H groups in total. The van der Waals surface area contributed by atoms with Gasteiger partial charge in [-0.15, -0.1) is 10.2 Å². The molecule has 0 bridgehead atoms. The number of benzene rings is 2. The van der Waals surface area contributed by atoms with Gasteiger partial charge in [-0.05, 0) is 49.7 Å². The van der Waals surface area contributed by atoms with Gasteiger partial charge in [0.2, 0.25) is 5.91 Å². The Bertz CT molecular complexity index is 1010. The summed E-state index contributed by atoms with van der Waals surface area (Å²) in [4.78, 5) is 12.4. The molecule has 6 nitrogen and oxygen atoms in total. The van der Waals surface area contributed by atoms with Crippen molar-refractivity contribution in [2.75, 3.05) is 18.2 Å². The minimum Gasteiger partial charge on any atom is -0.497 e. The highest BCUT2D eigenvalue weighted by atomic mass is 35.5. The van der Waals surface area contributed by atoms with Crippen LogP contribution in [0.2, 0.25) is 10.0 Å². The number of halogens is 2. The van der Waals surface area contributed by atoms with E-state index >= 15 is 0 Å². The summed E-state index contributed by atoms with van der Waals surface area (Å²) in [5.41, 5.74) is 2.22. The van der Waals surface area contributed by atoms with Crippen molar-refractivity contribution in [3.8, 4) is 11.4 Å². The third-order valence-electron chi connectivity index (χ3n) is 4.01. The minimum absolute atomic E-state index is 0.149. The van der Waals surface area contributed by atoms with Gasteiger partial charge in [0.05, 0.1) is 28.6 Å². The lowest BCUT2D eigenvalue weighted by atomic mass is 10.2. The molecule has 3 aromatic rings. The third kappa shape index (κ3) is 4.43. The number of hydrogen-bond donors (Lipinski definition) is 1. The van der Waals surface area contributed by atoms with E-state index in [9.17, 15) is 4.79 Å². The van der Waals surface area contributed by atoms with Gasteiger partial charge in [0, 0.05) is 5.69 Å². The third-order valence-corrected chi connectivity index (χ3v) is 5.91. The van der Waals surface area contributed by atoms with Crippen LogP contribution in [0, 0.1) is 13.8 Å². The molecule has 0 aliphatic heterocycles. The maximum atomic E-state index is 12.4. The summed E-state index contributed by atoms with van der Waals surface area (Å²) < 4.78 is 7.07. The highest BCUT2D eigenvalue weighted by molar-refractivity contribution is 7.99. The predicted molar refractivity (Wildman–Crippen MR) is 113 cm³/mol. The van der Waals surface area contributed by atoms with Gasteiger partial charge in [-0.2, -0.15) is 0 Å². The van der Waals surface area contributed by atoms with E-state index in [0.717, 1.165) is 22.8 Å². The predicted octanol–water partition coefficient (Wildman–Crippen LogP) is 4.93. The van der Waals surface area contributed by atoms with Crippen LogP contribution in [0.1, 0.15) is 11.4 Å². The number of ether oxygens (including phenoxy) is 1. The Morgan fingerprint density at radius 3 is 2.50 bits per heavy atom. The topological polar surface area (TPSA) is 69.0 Å². The number of nitrogens with zero attached hydrogens (tertiary/aromatic N) is 3. The summed E-state index contributed by atoms with van der Waals surface area (Å²) in [6.45, 7) is 3.71. The second-order valence-electron chi connectivity index (χ2n) is 5.96. The number of amides is 1. The molecular weight excluding hydrogens is 419 g/mol. The first-order valence-corrected chi connectivity index (χ1v) is 10.1. The Morgan fingerprint density at radius 2 is 1.82 bits per heavy atom. The highest BCUT2D eigenvalue weighted by Gasteiger charge is 2.15. The van der Waals surface area contributed by atoms with E-state index in [1.54, 1.807) is 19.2 Å². The van der Waals surface area contributed by atoms with Crippen molar-refractivity contribution in [3.05, 3.63) is 57.8 Å². The average Bonchev–Trinajstić information content (AvgIpc) is 3.07. The lowest BCUT2D eigenvalue weighted by Crippen LogP contribution is -2.15. The quantitative estimate of drug-likeness (QED) is 0.554. The van der Waals surface area contributed by atoms with Crippen molar-refractivity contribution in [1.82, 2.24) is 14.8 Å². The number of methoxy groups -OCH3 is 1. The molecule has 0 aliphatic carbocycles. The maximum absolute atomic E-state index is 12.4. The van der Waals surface area contributed by atoms with Crippen molar-refractivity contribution in [3.63, 3.8) is 0 Å². The van der Waals surface area contributed by atoms with Crippen molar-refractivity contribution < 1.29 is 9.53 Å². The first kappa shape index (κ1) is 20.5. The number of carbonyl (C=O) groups is 1. The van der Waals surface area contributed by atoms with Crippen LogP contribution in [0.5, 0.6) is 5.75 Å². The van der Waals surface area contributed by atoms with E-state index in [-0.39, 0.29) is 11.7 Å². The van der Waals surface area contributed by atoms with Crippen LogP contribution in [0.25, 0.3) is 5.69 Å². The largest absolute Gasteiger partial charge is 0.497 e. The van der Waals surface area contributed by atoms with Gasteiger partial charge in [0.15, 0.2) is 5.16 Å². The summed E-state index contributed by atoms with van der Waals surface area (Å²) in [5, 5.41) is 12.5. The Labute approximate surface area is 177 Å². The first-order chi connectivity index (χ1) is 13.4. The summed E-state index contributed by atoms with van der Waals surface area (Å²) in [7, 11) is 1.62.